The molecule has 1 heterocycles. The lowest BCUT2D eigenvalue weighted by molar-refractivity contribution is -0.115. The molecule has 1 atom stereocenters. The van der Waals surface area contributed by atoms with E-state index >= 15 is 0 Å². The first-order chi connectivity index (χ1) is 8.16. The zero-order chi connectivity index (χ0) is 12.0. The molecule has 2 N–H and O–H groups in total. The van der Waals surface area contributed by atoms with Crippen LogP contribution in [0.3, 0.4) is 0 Å². The van der Waals surface area contributed by atoms with Crippen molar-refractivity contribution >= 4 is 5.78 Å². The Morgan fingerprint density at radius 1 is 1.41 bits per heavy atom. The molecular weight excluding hydrogens is 214 g/mol. The van der Waals surface area contributed by atoms with Crippen LogP contribution in [0.2, 0.25) is 0 Å². The molecule has 86 valence electrons. The molecule has 0 saturated carbocycles. The molecular formula is C14H13NO2. The highest BCUT2D eigenvalue weighted by molar-refractivity contribution is 5.99. The minimum atomic E-state index is -0.00585. The number of fused-ring (bicyclic) bond motifs is 1. The van der Waals surface area contributed by atoms with Crippen molar-refractivity contribution in [1.29, 1.82) is 0 Å². The predicted molar refractivity (Wildman–Crippen MR) is 65.3 cm³/mol. The lowest BCUT2D eigenvalue weighted by Crippen LogP contribution is -2.35. The SMILES string of the molecule is CC1=C(O)C2=C(C=C3C=CC=CC3N2)CC1=O. The van der Waals surface area contributed by atoms with Gasteiger partial charge in [-0.15, -0.1) is 0 Å². The van der Waals surface area contributed by atoms with Crippen molar-refractivity contribution in [3.8, 4) is 0 Å². The Kier molecular flexibility index (Phi) is 2.08. The summed E-state index contributed by atoms with van der Waals surface area (Å²) in [5.41, 5.74) is 3.16. The number of allylic oxidation sites excluding steroid dienone is 5. The van der Waals surface area contributed by atoms with E-state index in [9.17, 15) is 9.90 Å². The Hall–Kier alpha value is -2.03. The number of rotatable bonds is 0. The van der Waals surface area contributed by atoms with E-state index < -0.39 is 0 Å². The quantitative estimate of drug-likeness (QED) is 0.666. The van der Waals surface area contributed by atoms with E-state index in [1.807, 2.05) is 30.4 Å². The summed E-state index contributed by atoms with van der Waals surface area (Å²) >= 11 is 0. The van der Waals surface area contributed by atoms with Gasteiger partial charge in [-0.25, -0.2) is 0 Å². The highest BCUT2D eigenvalue weighted by atomic mass is 16.3. The van der Waals surface area contributed by atoms with Gasteiger partial charge in [-0.05, 0) is 18.1 Å². The van der Waals surface area contributed by atoms with Gasteiger partial charge in [-0.3, -0.25) is 4.79 Å². The molecule has 3 heteroatoms. The largest absolute Gasteiger partial charge is 0.505 e. The number of Topliss-reactive ketones (excluding diaryl/α,β-unsaturated/α-hetero) is 1. The van der Waals surface area contributed by atoms with E-state index in [0.717, 1.165) is 11.1 Å². The number of hydrogen-bond acceptors (Lipinski definition) is 3. The molecule has 0 saturated heterocycles. The summed E-state index contributed by atoms with van der Waals surface area (Å²) in [7, 11) is 0. The van der Waals surface area contributed by atoms with Gasteiger partial charge < -0.3 is 10.4 Å². The van der Waals surface area contributed by atoms with Gasteiger partial charge in [0.25, 0.3) is 0 Å². The van der Waals surface area contributed by atoms with Gasteiger partial charge in [0.2, 0.25) is 0 Å². The molecule has 2 aliphatic carbocycles. The molecule has 0 spiro atoms. The predicted octanol–water partition coefficient (Wildman–Crippen LogP) is 2.07. The minimum absolute atomic E-state index is 0.00585. The minimum Gasteiger partial charge on any atom is -0.505 e. The first-order valence-corrected chi connectivity index (χ1v) is 5.66. The third-order valence-electron chi connectivity index (χ3n) is 3.39. The van der Waals surface area contributed by atoms with E-state index in [1.165, 1.54) is 0 Å². The van der Waals surface area contributed by atoms with Gasteiger partial charge in [0, 0.05) is 12.0 Å². The molecule has 17 heavy (non-hydrogen) atoms. The summed E-state index contributed by atoms with van der Waals surface area (Å²) in [5.74, 6) is 0.0863. The summed E-state index contributed by atoms with van der Waals surface area (Å²) in [5, 5.41) is 13.3. The van der Waals surface area contributed by atoms with Crippen LogP contribution >= 0.6 is 0 Å². The number of carbonyl (C=O) groups excluding carboxylic acids is 1. The van der Waals surface area contributed by atoms with E-state index in [2.05, 4.69) is 5.32 Å². The Labute approximate surface area is 99.5 Å². The fourth-order valence-electron chi connectivity index (χ4n) is 2.33. The van der Waals surface area contributed by atoms with Crippen molar-refractivity contribution in [2.24, 2.45) is 0 Å². The molecule has 0 aromatic carbocycles. The lowest BCUT2D eigenvalue weighted by atomic mass is 9.87. The van der Waals surface area contributed by atoms with Crippen molar-refractivity contribution in [3.05, 3.63) is 58.6 Å². The van der Waals surface area contributed by atoms with E-state index in [4.69, 9.17) is 0 Å². The second-order valence-corrected chi connectivity index (χ2v) is 4.48. The van der Waals surface area contributed by atoms with Gasteiger partial charge in [0.1, 0.15) is 5.76 Å². The zero-order valence-corrected chi connectivity index (χ0v) is 9.53. The van der Waals surface area contributed by atoms with E-state index in [-0.39, 0.29) is 17.6 Å². The Bertz CT molecular complexity index is 559. The first kappa shape index (κ1) is 10.1. The highest BCUT2D eigenvalue weighted by Crippen LogP contribution is 2.32. The van der Waals surface area contributed by atoms with Gasteiger partial charge in [-0.1, -0.05) is 30.4 Å². The molecule has 0 radical (unpaired) electrons. The van der Waals surface area contributed by atoms with Crippen molar-refractivity contribution in [2.45, 2.75) is 19.4 Å². The molecule has 0 bridgehead atoms. The van der Waals surface area contributed by atoms with Crippen LogP contribution < -0.4 is 5.32 Å². The molecule has 0 aromatic rings. The summed E-state index contributed by atoms with van der Waals surface area (Å²) in [4.78, 5) is 11.7. The van der Waals surface area contributed by atoms with Crippen molar-refractivity contribution in [1.82, 2.24) is 5.32 Å². The highest BCUT2D eigenvalue weighted by Gasteiger charge is 2.29. The van der Waals surface area contributed by atoms with Gasteiger partial charge in [-0.2, -0.15) is 0 Å². The zero-order valence-electron chi connectivity index (χ0n) is 9.53. The fourth-order valence-corrected chi connectivity index (χ4v) is 2.33. The Balaban J connectivity index is 2.09. The second-order valence-electron chi connectivity index (χ2n) is 4.48. The van der Waals surface area contributed by atoms with Crippen LogP contribution in [0.15, 0.2) is 58.6 Å². The van der Waals surface area contributed by atoms with E-state index in [1.54, 1.807) is 6.92 Å². The van der Waals surface area contributed by atoms with Crippen LogP contribution in [0.25, 0.3) is 0 Å². The number of hydrogen-bond donors (Lipinski definition) is 2. The maximum atomic E-state index is 11.7. The fraction of sp³-hybridized carbons (Fsp3) is 0.214. The average molecular weight is 227 g/mol. The Morgan fingerprint density at radius 2 is 2.24 bits per heavy atom. The number of aliphatic hydroxyl groups is 1. The molecule has 3 nitrogen and oxygen atoms in total. The topological polar surface area (TPSA) is 49.3 Å². The molecule has 0 fully saturated rings. The molecule has 3 rings (SSSR count). The lowest BCUT2D eigenvalue weighted by Gasteiger charge is -2.30. The van der Waals surface area contributed by atoms with Crippen molar-refractivity contribution in [3.63, 3.8) is 0 Å². The summed E-state index contributed by atoms with van der Waals surface area (Å²) < 4.78 is 0. The number of nitrogens with one attached hydrogen (secondary N) is 1. The van der Waals surface area contributed by atoms with Gasteiger partial charge in [0.05, 0.1) is 11.7 Å². The molecule has 3 aliphatic rings. The van der Waals surface area contributed by atoms with Crippen molar-refractivity contribution in [2.75, 3.05) is 0 Å². The van der Waals surface area contributed by atoms with Crippen LogP contribution in [0, 0.1) is 0 Å². The van der Waals surface area contributed by atoms with Gasteiger partial charge in [0.15, 0.2) is 5.78 Å². The maximum Gasteiger partial charge on any atom is 0.166 e. The van der Waals surface area contributed by atoms with Crippen LogP contribution in [-0.2, 0) is 4.79 Å². The van der Waals surface area contributed by atoms with Crippen LogP contribution in [-0.4, -0.2) is 16.9 Å². The average Bonchev–Trinajstić information content (AvgIpc) is 2.34. The standard InChI is InChI=1S/C14H13NO2/c1-8-12(16)7-10-6-9-4-2-3-5-11(9)15-13(10)14(8)17/h2-6,11,15,17H,7H2,1H3. The maximum absolute atomic E-state index is 11.7. The number of ketones is 1. The summed E-state index contributed by atoms with van der Waals surface area (Å²) in [6.07, 6.45) is 10.4. The monoisotopic (exact) mass is 227 g/mol. The van der Waals surface area contributed by atoms with E-state index in [0.29, 0.717) is 17.7 Å². The first-order valence-electron chi connectivity index (χ1n) is 5.66. The van der Waals surface area contributed by atoms with Gasteiger partial charge >= 0.3 is 0 Å². The molecule has 1 aliphatic heterocycles. The second kappa shape index (κ2) is 3.48. The van der Waals surface area contributed by atoms with Crippen molar-refractivity contribution < 1.29 is 9.90 Å². The molecule has 0 amide bonds. The third kappa shape index (κ3) is 1.46. The smallest absolute Gasteiger partial charge is 0.166 e. The number of carbonyl (C=O) groups is 1. The van der Waals surface area contributed by atoms with Crippen LogP contribution in [0.5, 0.6) is 0 Å². The number of dihydropyridines is 1. The number of aliphatic hydroxyl groups excluding tert-OH is 1. The summed E-state index contributed by atoms with van der Waals surface area (Å²) in [6, 6.07) is 0.0990. The summed E-state index contributed by atoms with van der Waals surface area (Å²) in [6.45, 7) is 1.67. The van der Waals surface area contributed by atoms with Crippen LogP contribution in [0.1, 0.15) is 13.3 Å². The molecule has 1 unspecified atom stereocenters. The third-order valence-corrected chi connectivity index (χ3v) is 3.39. The Morgan fingerprint density at radius 3 is 3.06 bits per heavy atom. The molecule has 0 aromatic heterocycles. The van der Waals surface area contributed by atoms with Crippen LogP contribution in [0.4, 0.5) is 0 Å². The normalized spacial score (nSPS) is 26.5.